The first kappa shape index (κ1) is 20.7. The number of thiophene rings is 1. The second-order valence-corrected chi connectivity index (χ2v) is 9.88. The number of aryl methyl sites for hydroxylation is 1. The standard InChI is InChI=1S/C23H25ClN4O2S/c1-15(29)26-8-10-27(11-9-26)17-6-7-18-20(12-17)31-22-21(18)23(30)28(14-25-22)13-16-4-2-3-5-19(16)24/h2-5,14,17H,6-13H2,1H3/t17-/m1/s1. The lowest BCUT2D eigenvalue weighted by molar-refractivity contribution is -0.130. The molecule has 1 atom stereocenters. The highest BCUT2D eigenvalue weighted by Gasteiger charge is 2.30. The van der Waals surface area contributed by atoms with Crippen LogP contribution in [0.25, 0.3) is 10.2 Å². The Labute approximate surface area is 190 Å². The summed E-state index contributed by atoms with van der Waals surface area (Å²) in [5, 5.41) is 1.45. The van der Waals surface area contributed by atoms with Crippen molar-refractivity contribution in [3.63, 3.8) is 0 Å². The van der Waals surface area contributed by atoms with Gasteiger partial charge in [-0.05, 0) is 36.5 Å². The monoisotopic (exact) mass is 456 g/mol. The summed E-state index contributed by atoms with van der Waals surface area (Å²) in [4.78, 5) is 36.1. The minimum absolute atomic E-state index is 0.0240. The molecular weight excluding hydrogens is 432 g/mol. The fourth-order valence-electron chi connectivity index (χ4n) is 4.82. The number of halogens is 1. The van der Waals surface area contributed by atoms with Crippen LogP contribution in [0, 0.1) is 0 Å². The van der Waals surface area contributed by atoms with Gasteiger partial charge in [-0.2, -0.15) is 0 Å². The van der Waals surface area contributed by atoms with Crippen molar-refractivity contribution in [1.82, 2.24) is 19.4 Å². The summed E-state index contributed by atoms with van der Waals surface area (Å²) in [6.07, 6.45) is 4.55. The Balaban J connectivity index is 1.39. The van der Waals surface area contributed by atoms with Crippen molar-refractivity contribution in [2.75, 3.05) is 26.2 Å². The normalized spacial score (nSPS) is 19.5. The first-order chi connectivity index (χ1) is 15.0. The van der Waals surface area contributed by atoms with E-state index in [1.54, 1.807) is 29.2 Å². The van der Waals surface area contributed by atoms with Crippen LogP contribution < -0.4 is 5.56 Å². The topological polar surface area (TPSA) is 58.4 Å². The maximum atomic E-state index is 13.3. The number of piperazine rings is 1. The van der Waals surface area contributed by atoms with Gasteiger partial charge in [-0.1, -0.05) is 29.8 Å². The summed E-state index contributed by atoms with van der Waals surface area (Å²) in [5.74, 6) is 0.161. The Bertz CT molecular complexity index is 1200. The molecule has 8 heteroatoms. The molecule has 1 fully saturated rings. The predicted octanol–water partition coefficient (Wildman–Crippen LogP) is 3.18. The van der Waals surface area contributed by atoms with E-state index in [4.69, 9.17) is 11.6 Å². The van der Waals surface area contributed by atoms with Crippen LogP contribution in [-0.2, 0) is 24.2 Å². The molecule has 0 radical (unpaired) electrons. The average Bonchev–Trinajstić information content (AvgIpc) is 3.15. The minimum atomic E-state index is 0.0240. The Morgan fingerprint density at radius 2 is 2.00 bits per heavy atom. The first-order valence-electron chi connectivity index (χ1n) is 10.7. The van der Waals surface area contributed by atoms with Crippen LogP contribution >= 0.6 is 22.9 Å². The lowest BCUT2D eigenvalue weighted by atomic mass is 9.91. The molecule has 1 amide bonds. The fourth-order valence-corrected chi connectivity index (χ4v) is 6.26. The zero-order valence-corrected chi connectivity index (χ0v) is 19.1. The van der Waals surface area contributed by atoms with Crippen LogP contribution in [0.4, 0.5) is 0 Å². The fraction of sp³-hybridized carbons (Fsp3) is 0.435. The van der Waals surface area contributed by atoms with Crippen molar-refractivity contribution >= 4 is 39.1 Å². The zero-order chi connectivity index (χ0) is 21.5. The third kappa shape index (κ3) is 3.90. The highest BCUT2D eigenvalue weighted by molar-refractivity contribution is 7.18. The van der Waals surface area contributed by atoms with Crippen LogP contribution in [-0.4, -0.2) is 57.5 Å². The molecule has 3 heterocycles. The van der Waals surface area contributed by atoms with Gasteiger partial charge in [0.05, 0.1) is 18.3 Å². The second-order valence-electron chi connectivity index (χ2n) is 8.39. The summed E-state index contributed by atoms with van der Waals surface area (Å²) < 4.78 is 1.67. The van der Waals surface area contributed by atoms with E-state index in [1.807, 2.05) is 29.2 Å². The summed E-state index contributed by atoms with van der Waals surface area (Å²) in [6.45, 7) is 5.53. The van der Waals surface area contributed by atoms with E-state index in [0.717, 1.165) is 61.2 Å². The molecule has 0 N–H and O–H groups in total. The Kier molecular flexibility index (Phi) is 5.58. The molecule has 0 unspecified atom stereocenters. The molecule has 0 bridgehead atoms. The lowest BCUT2D eigenvalue weighted by Gasteiger charge is -2.40. The molecule has 6 nitrogen and oxygen atoms in total. The maximum Gasteiger partial charge on any atom is 0.262 e. The van der Waals surface area contributed by atoms with Gasteiger partial charge in [0.1, 0.15) is 4.83 Å². The van der Waals surface area contributed by atoms with Crippen molar-refractivity contribution < 1.29 is 4.79 Å². The minimum Gasteiger partial charge on any atom is -0.340 e. The third-order valence-electron chi connectivity index (χ3n) is 6.58. The highest BCUT2D eigenvalue weighted by Crippen LogP contribution is 2.35. The molecular formula is C23H25ClN4O2S. The lowest BCUT2D eigenvalue weighted by Crippen LogP contribution is -2.52. The van der Waals surface area contributed by atoms with E-state index < -0.39 is 0 Å². The third-order valence-corrected chi connectivity index (χ3v) is 8.12. The molecule has 5 rings (SSSR count). The van der Waals surface area contributed by atoms with Gasteiger partial charge in [0.2, 0.25) is 5.91 Å². The Morgan fingerprint density at radius 1 is 1.23 bits per heavy atom. The Morgan fingerprint density at radius 3 is 2.74 bits per heavy atom. The van der Waals surface area contributed by atoms with Gasteiger partial charge in [0.15, 0.2) is 0 Å². The number of benzene rings is 1. The predicted molar refractivity (Wildman–Crippen MR) is 124 cm³/mol. The smallest absolute Gasteiger partial charge is 0.262 e. The van der Waals surface area contributed by atoms with E-state index in [9.17, 15) is 9.59 Å². The number of carbonyl (C=O) groups is 1. The van der Waals surface area contributed by atoms with Crippen LogP contribution in [0.15, 0.2) is 35.4 Å². The molecule has 1 aliphatic carbocycles. The van der Waals surface area contributed by atoms with E-state index in [0.29, 0.717) is 17.6 Å². The van der Waals surface area contributed by atoms with E-state index in [2.05, 4.69) is 9.88 Å². The molecule has 2 aliphatic rings. The summed E-state index contributed by atoms with van der Waals surface area (Å²) in [5.41, 5.74) is 2.13. The van der Waals surface area contributed by atoms with Crippen molar-refractivity contribution in [3.05, 3.63) is 62.0 Å². The average molecular weight is 457 g/mol. The van der Waals surface area contributed by atoms with Gasteiger partial charge < -0.3 is 4.90 Å². The molecule has 0 spiro atoms. The van der Waals surface area contributed by atoms with Gasteiger partial charge in [0, 0.05) is 49.0 Å². The Hall–Kier alpha value is -2.22. The number of aromatic nitrogens is 2. The summed E-state index contributed by atoms with van der Waals surface area (Å²) in [6, 6.07) is 8.08. The molecule has 1 aromatic carbocycles. The van der Waals surface area contributed by atoms with Crippen LogP contribution in [0.5, 0.6) is 0 Å². The molecule has 0 saturated carbocycles. The molecule has 1 saturated heterocycles. The van der Waals surface area contributed by atoms with Gasteiger partial charge in [0.25, 0.3) is 5.56 Å². The quantitative estimate of drug-likeness (QED) is 0.607. The number of rotatable bonds is 3. The summed E-state index contributed by atoms with van der Waals surface area (Å²) >= 11 is 7.96. The number of carbonyl (C=O) groups excluding carboxylic acids is 1. The maximum absolute atomic E-state index is 13.3. The first-order valence-corrected chi connectivity index (χ1v) is 11.9. The van der Waals surface area contributed by atoms with Gasteiger partial charge in [-0.3, -0.25) is 19.1 Å². The molecule has 3 aromatic rings. The molecule has 2 aromatic heterocycles. The highest BCUT2D eigenvalue weighted by atomic mass is 35.5. The molecule has 31 heavy (non-hydrogen) atoms. The number of nitrogens with zero attached hydrogens (tertiary/aromatic N) is 4. The van der Waals surface area contributed by atoms with Gasteiger partial charge >= 0.3 is 0 Å². The van der Waals surface area contributed by atoms with Crippen LogP contribution in [0.3, 0.4) is 0 Å². The number of fused-ring (bicyclic) bond motifs is 3. The van der Waals surface area contributed by atoms with E-state index >= 15 is 0 Å². The number of hydrogen-bond donors (Lipinski definition) is 0. The van der Waals surface area contributed by atoms with Crippen LogP contribution in [0.2, 0.25) is 5.02 Å². The molecule has 162 valence electrons. The van der Waals surface area contributed by atoms with Crippen LogP contribution in [0.1, 0.15) is 29.3 Å². The largest absolute Gasteiger partial charge is 0.340 e. The number of amides is 1. The van der Waals surface area contributed by atoms with E-state index in [1.165, 1.54) is 10.4 Å². The number of hydrogen-bond acceptors (Lipinski definition) is 5. The van der Waals surface area contributed by atoms with Crippen molar-refractivity contribution in [1.29, 1.82) is 0 Å². The van der Waals surface area contributed by atoms with Gasteiger partial charge in [-0.15, -0.1) is 11.3 Å². The molecule has 1 aliphatic heterocycles. The second kappa shape index (κ2) is 8.37. The van der Waals surface area contributed by atoms with Crippen molar-refractivity contribution in [2.24, 2.45) is 0 Å². The summed E-state index contributed by atoms with van der Waals surface area (Å²) in [7, 11) is 0. The van der Waals surface area contributed by atoms with E-state index in [-0.39, 0.29) is 11.5 Å². The van der Waals surface area contributed by atoms with Gasteiger partial charge in [-0.25, -0.2) is 4.98 Å². The zero-order valence-electron chi connectivity index (χ0n) is 17.5. The SMILES string of the molecule is CC(=O)N1CCN([C@@H]2CCc3c(sc4ncn(Cc5ccccc5Cl)c(=O)c34)C2)CC1. The van der Waals surface area contributed by atoms with Crippen molar-refractivity contribution in [2.45, 2.75) is 38.8 Å². The van der Waals surface area contributed by atoms with Crippen molar-refractivity contribution in [3.8, 4) is 0 Å².